The van der Waals surface area contributed by atoms with E-state index in [1.807, 2.05) is 0 Å². The number of carbonyl (C=O) groups is 2. The van der Waals surface area contributed by atoms with Gasteiger partial charge in [-0.15, -0.1) is 0 Å². The molecular formula is C21H24BrNO4S. The van der Waals surface area contributed by atoms with E-state index < -0.39 is 0 Å². The summed E-state index contributed by atoms with van der Waals surface area (Å²) in [6.07, 6.45) is 9.19. The molecule has 28 heavy (non-hydrogen) atoms. The minimum Gasteiger partial charge on any atom is -0.493 e. The summed E-state index contributed by atoms with van der Waals surface area (Å²) in [4.78, 5) is 27.0. The van der Waals surface area contributed by atoms with Gasteiger partial charge in [-0.25, -0.2) is 0 Å². The zero-order chi connectivity index (χ0) is 20.1. The molecular weight excluding hydrogens is 442 g/mol. The van der Waals surface area contributed by atoms with Gasteiger partial charge in [0.2, 0.25) is 0 Å². The Labute approximate surface area is 178 Å². The zero-order valence-electron chi connectivity index (χ0n) is 15.9. The minimum atomic E-state index is -0.210. The molecule has 3 rings (SSSR count). The van der Waals surface area contributed by atoms with Gasteiger partial charge < -0.3 is 9.47 Å². The highest BCUT2D eigenvalue weighted by atomic mass is 79.9. The maximum absolute atomic E-state index is 12.8. The van der Waals surface area contributed by atoms with E-state index in [2.05, 4.69) is 22.5 Å². The summed E-state index contributed by atoms with van der Waals surface area (Å²) in [6.45, 7) is 4.53. The van der Waals surface area contributed by atoms with Crippen LogP contribution in [0.15, 0.2) is 34.2 Å². The third-order valence-corrected chi connectivity index (χ3v) is 6.56. The van der Waals surface area contributed by atoms with Gasteiger partial charge in [-0.05, 0) is 54.3 Å². The van der Waals surface area contributed by atoms with Gasteiger partial charge in [0.1, 0.15) is 6.61 Å². The molecule has 2 aliphatic rings. The molecule has 0 radical (unpaired) electrons. The predicted octanol–water partition coefficient (Wildman–Crippen LogP) is 5.64. The van der Waals surface area contributed by atoms with Crippen LogP contribution >= 0.6 is 27.7 Å². The van der Waals surface area contributed by atoms with Gasteiger partial charge in [0.05, 0.1) is 12.0 Å². The Bertz CT molecular complexity index is 802. The number of rotatable bonds is 7. The van der Waals surface area contributed by atoms with Crippen molar-refractivity contribution in [1.82, 2.24) is 4.90 Å². The number of nitrogens with zero attached hydrogens (tertiary/aromatic N) is 1. The van der Waals surface area contributed by atoms with Crippen molar-refractivity contribution in [2.24, 2.45) is 5.92 Å². The molecule has 7 heteroatoms. The first-order valence-corrected chi connectivity index (χ1v) is 11.0. The van der Waals surface area contributed by atoms with Crippen LogP contribution in [0.25, 0.3) is 6.08 Å². The van der Waals surface area contributed by atoms with Crippen LogP contribution < -0.4 is 9.47 Å². The zero-order valence-corrected chi connectivity index (χ0v) is 18.3. The number of ether oxygens (including phenoxy) is 2. The van der Waals surface area contributed by atoms with Gasteiger partial charge in [0.25, 0.3) is 11.1 Å². The molecule has 0 aromatic heterocycles. The van der Waals surface area contributed by atoms with Crippen LogP contribution in [-0.4, -0.2) is 36.3 Å². The smallest absolute Gasteiger partial charge is 0.293 e. The van der Waals surface area contributed by atoms with E-state index in [0.29, 0.717) is 35.5 Å². The SMILES string of the molecule is C=CCOc1cc(Br)c(/C=C2/SC(=O)N(CC3CCCCC3)C2=O)cc1OC. The lowest BCUT2D eigenvalue weighted by Gasteiger charge is -2.25. The highest BCUT2D eigenvalue weighted by Gasteiger charge is 2.36. The van der Waals surface area contributed by atoms with Crippen molar-refractivity contribution in [2.75, 3.05) is 20.3 Å². The molecule has 5 nitrogen and oxygen atoms in total. The lowest BCUT2D eigenvalue weighted by molar-refractivity contribution is -0.123. The van der Waals surface area contributed by atoms with Crippen LogP contribution in [-0.2, 0) is 4.79 Å². The Hall–Kier alpha value is -1.73. The Balaban J connectivity index is 1.80. The molecule has 1 saturated heterocycles. The quantitative estimate of drug-likeness (QED) is 0.385. The van der Waals surface area contributed by atoms with E-state index in [4.69, 9.17) is 9.47 Å². The number of imide groups is 1. The van der Waals surface area contributed by atoms with Crippen LogP contribution in [0.5, 0.6) is 11.5 Å². The molecule has 0 N–H and O–H groups in total. The monoisotopic (exact) mass is 465 g/mol. The Morgan fingerprint density at radius 1 is 1.25 bits per heavy atom. The second-order valence-corrected chi connectivity index (χ2v) is 8.77. The molecule has 0 atom stereocenters. The average Bonchev–Trinajstić information content (AvgIpc) is 2.96. The highest BCUT2D eigenvalue weighted by molar-refractivity contribution is 9.10. The number of benzene rings is 1. The molecule has 0 unspecified atom stereocenters. The molecule has 0 bridgehead atoms. The first kappa shape index (κ1) is 21.0. The van der Waals surface area contributed by atoms with Crippen LogP contribution in [0.1, 0.15) is 37.7 Å². The van der Waals surface area contributed by atoms with Crippen LogP contribution in [0.3, 0.4) is 0 Å². The lowest BCUT2D eigenvalue weighted by atomic mass is 9.89. The summed E-state index contributed by atoms with van der Waals surface area (Å²) in [6, 6.07) is 3.58. The predicted molar refractivity (Wildman–Crippen MR) is 116 cm³/mol. The molecule has 2 amide bonds. The fourth-order valence-corrected chi connectivity index (χ4v) is 4.79. The number of halogens is 1. The topological polar surface area (TPSA) is 55.8 Å². The number of thioether (sulfide) groups is 1. The Kier molecular flexibility index (Phi) is 7.24. The van der Waals surface area contributed by atoms with E-state index in [1.165, 1.54) is 24.2 Å². The first-order chi connectivity index (χ1) is 13.5. The Morgan fingerprint density at radius 3 is 2.68 bits per heavy atom. The van der Waals surface area contributed by atoms with Crippen molar-refractivity contribution < 1.29 is 19.1 Å². The summed E-state index contributed by atoms with van der Waals surface area (Å²) in [5, 5.41) is -0.184. The molecule has 1 aromatic rings. The first-order valence-electron chi connectivity index (χ1n) is 9.40. The maximum Gasteiger partial charge on any atom is 0.293 e. The number of amides is 2. The fraction of sp³-hybridized carbons (Fsp3) is 0.429. The second-order valence-electron chi connectivity index (χ2n) is 6.92. The lowest BCUT2D eigenvalue weighted by Crippen LogP contribution is -2.34. The van der Waals surface area contributed by atoms with Gasteiger partial charge in [0, 0.05) is 11.0 Å². The Morgan fingerprint density at radius 2 is 2.00 bits per heavy atom. The second kappa shape index (κ2) is 9.65. The largest absolute Gasteiger partial charge is 0.493 e. The van der Waals surface area contributed by atoms with E-state index >= 15 is 0 Å². The molecule has 1 aliphatic carbocycles. The van der Waals surface area contributed by atoms with Gasteiger partial charge in [-0.3, -0.25) is 14.5 Å². The third-order valence-electron chi connectivity index (χ3n) is 4.97. The molecule has 1 heterocycles. The van der Waals surface area contributed by atoms with Crippen LogP contribution in [0.2, 0.25) is 0 Å². The van der Waals surface area contributed by atoms with E-state index in [0.717, 1.165) is 34.6 Å². The summed E-state index contributed by atoms with van der Waals surface area (Å²) in [5.74, 6) is 1.35. The minimum absolute atomic E-state index is 0.184. The van der Waals surface area contributed by atoms with E-state index in [1.54, 1.807) is 31.4 Å². The fourth-order valence-electron chi connectivity index (χ4n) is 3.51. The average molecular weight is 466 g/mol. The van der Waals surface area contributed by atoms with Gasteiger partial charge in [-0.1, -0.05) is 47.8 Å². The summed E-state index contributed by atoms with van der Waals surface area (Å²) in [7, 11) is 1.56. The standard InChI is InChI=1S/C21H24BrNO4S/c1-3-9-27-18-12-16(22)15(10-17(18)26-2)11-19-20(24)23(21(25)28-19)13-14-7-5-4-6-8-14/h3,10-12,14H,1,4-9,13H2,2H3/b19-11+. The molecule has 0 spiro atoms. The van der Waals surface area contributed by atoms with Gasteiger partial charge in [0.15, 0.2) is 11.5 Å². The third kappa shape index (κ3) is 4.81. The molecule has 150 valence electrons. The summed E-state index contributed by atoms with van der Waals surface area (Å²) < 4.78 is 11.7. The van der Waals surface area contributed by atoms with Crippen LogP contribution in [0.4, 0.5) is 4.79 Å². The van der Waals surface area contributed by atoms with Crippen molar-refractivity contribution in [2.45, 2.75) is 32.1 Å². The van der Waals surface area contributed by atoms with Crippen molar-refractivity contribution in [3.63, 3.8) is 0 Å². The number of hydrogen-bond acceptors (Lipinski definition) is 5. The van der Waals surface area contributed by atoms with E-state index in [9.17, 15) is 9.59 Å². The molecule has 1 aliphatic heterocycles. The molecule has 1 saturated carbocycles. The summed E-state index contributed by atoms with van der Waals surface area (Å²) >= 11 is 4.51. The van der Waals surface area contributed by atoms with Crippen molar-refractivity contribution in [1.29, 1.82) is 0 Å². The maximum atomic E-state index is 12.8. The van der Waals surface area contributed by atoms with Crippen LogP contribution in [0, 0.1) is 5.92 Å². The molecule has 2 fully saturated rings. The van der Waals surface area contributed by atoms with E-state index in [-0.39, 0.29) is 11.1 Å². The van der Waals surface area contributed by atoms with Gasteiger partial charge >= 0.3 is 0 Å². The summed E-state index contributed by atoms with van der Waals surface area (Å²) in [5.41, 5.74) is 0.756. The van der Waals surface area contributed by atoms with Crippen molar-refractivity contribution >= 4 is 44.9 Å². The highest BCUT2D eigenvalue weighted by Crippen LogP contribution is 2.38. The molecule has 1 aromatic carbocycles. The normalized spacial score (nSPS) is 19.4. The number of methoxy groups -OCH3 is 1. The van der Waals surface area contributed by atoms with Crippen molar-refractivity contribution in [3.05, 3.63) is 39.7 Å². The van der Waals surface area contributed by atoms with Gasteiger partial charge in [-0.2, -0.15) is 0 Å². The van der Waals surface area contributed by atoms with Crippen molar-refractivity contribution in [3.8, 4) is 11.5 Å². The number of hydrogen-bond donors (Lipinski definition) is 0. The number of carbonyl (C=O) groups excluding carboxylic acids is 2.